The van der Waals surface area contributed by atoms with E-state index in [-0.39, 0.29) is 0 Å². The molecule has 7 heteroatoms. The normalized spacial score (nSPS) is 11.4. The molecule has 0 atom stereocenters. The monoisotopic (exact) mass is 383 g/mol. The second kappa shape index (κ2) is 8.60. The van der Waals surface area contributed by atoms with Crippen molar-refractivity contribution in [1.29, 1.82) is 0 Å². The number of imidazole rings is 1. The summed E-state index contributed by atoms with van der Waals surface area (Å²) in [4.78, 5) is 8.66. The van der Waals surface area contributed by atoms with E-state index in [1.807, 2.05) is 31.3 Å². The molecule has 0 unspecified atom stereocenters. The molecule has 2 aromatic carbocycles. The molecule has 0 radical (unpaired) electrons. The number of hydrogen-bond acceptors (Lipinski definition) is 3. The average Bonchev–Trinajstić information content (AvgIpc) is 3.05. The number of ether oxygens (including phenoxy) is 1. The zero-order valence-corrected chi connectivity index (χ0v) is 16.1. The van der Waals surface area contributed by atoms with Gasteiger partial charge in [0.25, 0.3) is 0 Å². The number of nitrogens with one attached hydrogen (secondary N) is 1. The lowest BCUT2D eigenvalue weighted by Crippen LogP contribution is -2.22. The van der Waals surface area contributed by atoms with E-state index in [0.717, 1.165) is 23.6 Å². The van der Waals surface area contributed by atoms with Gasteiger partial charge in [0.2, 0.25) is 0 Å². The van der Waals surface area contributed by atoms with Gasteiger partial charge in [-0.1, -0.05) is 35.9 Å². The van der Waals surface area contributed by atoms with E-state index in [4.69, 9.17) is 22.1 Å². The number of nitrogens with zero attached hydrogens (tertiary/aromatic N) is 3. The van der Waals surface area contributed by atoms with Gasteiger partial charge < -0.3 is 20.4 Å². The highest BCUT2D eigenvalue weighted by atomic mass is 35.5. The Morgan fingerprint density at radius 3 is 2.78 bits per heavy atom. The molecule has 27 heavy (non-hydrogen) atoms. The quantitative estimate of drug-likeness (QED) is 0.501. The van der Waals surface area contributed by atoms with Gasteiger partial charge in [0.15, 0.2) is 5.96 Å². The third-order valence-corrected chi connectivity index (χ3v) is 4.42. The molecular weight excluding hydrogens is 362 g/mol. The van der Waals surface area contributed by atoms with Crippen LogP contribution in [-0.4, -0.2) is 22.6 Å². The largest absolute Gasteiger partial charge is 0.495 e. The maximum atomic E-state index is 6.12. The summed E-state index contributed by atoms with van der Waals surface area (Å²) in [6.07, 6.45) is 3.78. The number of aryl methyl sites for hydroxylation is 1. The Bertz CT molecular complexity index is 951. The zero-order chi connectivity index (χ0) is 19.2. The van der Waals surface area contributed by atoms with E-state index in [1.165, 1.54) is 5.56 Å². The maximum absolute atomic E-state index is 6.12. The Balaban J connectivity index is 1.64. The van der Waals surface area contributed by atoms with Crippen LogP contribution in [0.15, 0.2) is 59.9 Å². The van der Waals surface area contributed by atoms with Crippen LogP contribution in [0.25, 0.3) is 0 Å². The molecule has 0 saturated carbocycles. The van der Waals surface area contributed by atoms with Gasteiger partial charge in [-0.25, -0.2) is 9.98 Å². The van der Waals surface area contributed by atoms with Crippen molar-refractivity contribution in [3.05, 3.63) is 76.8 Å². The fraction of sp³-hybridized carbons (Fsp3) is 0.200. The number of aromatic nitrogens is 2. The van der Waals surface area contributed by atoms with Gasteiger partial charge in [-0.2, -0.15) is 0 Å². The van der Waals surface area contributed by atoms with Crippen LogP contribution in [-0.2, 0) is 13.1 Å². The molecule has 0 aliphatic carbocycles. The summed E-state index contributed by atoms with van der Waals surface area (Å²) < 4.78 is 7.24. The van der Waals surface area contributed by atoms with Gasteiger partial charge in [-0.15, -0.1) is 0 Å². The predicted octanol–water partition coefficient (Wildman–Crippen LogP) is 3.83. The summed E-state index contributed by atoms with van der Waals surface area (Å²) in [6, 6.07) is 13.6. The Morgan fingerprint density at radius 2 is 2.07 bits per heavy atom. The summed E-state index contributed by atoms with van der Waals surface area (Å²) in [6.45, 7) is 3.26. The third kappa shape index (κ3) is 5.01. The molecule has 0 bridgehead atoms. The number of rotatable bonds is 6. The van der Waals surface area contributed by atoms with Crippen molar-refractivity contribution in [2.75, 3.05) is 12.4 Å². The summed E-state index contributed by atoms with van der Waals surface area (Å²) in [5.41, 5.74) is 9.03. The van der Waals surface area contributed by atoms with Crippen LogP contribution in [0.3, 0.4) is 0 Å². The summed E-state index contributed by atoms with van der Waals surface area (Å²) in [7, 11) is 1.58. The van der Waals surface area contributed by atoms with E-state index in [2.05, 4.69) is 32.0 Å². The smallest absolute Gasteiger partial charge is 0.193 e. The number of methoxy groups -OCH3 is 1. The lowest BCUT2D eigenvalue weighted by Gasteiger charge is -2.09. The van der Waals surface area contributed by atoms with Crippen molar-refractivity contribution in [3.63, 3.8) is 0 Å². The van der Waals surface area contributed by atoms with Crippen molar-refractivity contribution < 1.29 is 4.74 Å². The Morgan fingerprint density at radius 1 is 1.26 bits per heavy atom. The van der Waals surface area contributed by atoms with E-state index in [1.54, 1.807) is 25.4 Å². The minimum atomic E-state index is 0.326. The van der Waals surface area contributed by atoms with E-state index >= 15 is 0 Å². The number of benzene rings is 2. The van der Waals surface area contributed by atoms with Crippen LogP contribution >= 0.6 is 11.6 Å². The SMILES string of the molecule is COc1ccc(NC(N)=NCc2cccc(Cn3ccnc3C)c2)cc1Cl. The van der Waals surface area contributed by atoms with Gasteiger partial charge in [0.05, 0.1) is 18.7 Å². The van der Waals surface area contributed by atoms with Crippen molar-refractivity contribution in [2.24, 2.45) is 10.7 Å². The van der Waals surface area contributed by atoms with Crippen molar-refractivity contribution in [1.82, 2.24) is 9.55 Å². The third-order valence-electron chi connectivity index (χ3n) is 4.12. The highest BCUT2D eigenvalue weighted by Gasteiger charge is 2.03. The van der Waals surface area contributed by atoms with Crippen molar-refractivity contribution >= 4 is 23.2 Å². The van der Waals surface area contributed by atoms with E-state index in [9.17, 15) is 0 Å². The second-order valence-corrected chi connectivity index (χ2v) is 6.51. The lowest BCUT2D eigenvalue weighted by molar-refractivity contribution is 0.415. The molecule has 0 spiro atoms. The zero-order valence-electron chi connectivity index (χ0n) is 15.3. The number of anilines is 1. The molecule has 0 aliphatic rings. The number of aliphatic imine (C=N–C) groups is 1. The number of hydrogen-bond donors (Lipinski definition) is 2. The number of nitrogens with two attached hydrogens (primary N) is 1. The molecule has 1 heterocycles. The average molecular weight is 384 g/mol. The second-order valence-electron chi connectivity index (χ2n) is 6.10. The van der Waals surface area contributed by atoms with Crippen molar-refractivity contribution in [3.8, 4) is 5.75 Å². The number of halogens is 1. The molecule has 0 saturated heterocycles. The first kappa shape index (κ1) is 18.8. The molecular formula is C20H22ClN5O. The van der Waals surface area contributed by atoms with Crippen LogP contribution in [0.1, 0.15) is 17.0 Å². The first-order valence-corrected chi connectivity index (χ1v) is 8.89. The molecule has 6 nitrogen and oxygen atoms in total. The Labute approximate surface area is 163 Å². The van der Waals surface area contributed by atoms with Crippen LogP contribution < -0.4 is 15.8 Å². The van der Waals surface area contributed by atoms with Gasteiger partial charge in [0, 0.05) is 24.6 Å². The maximum Gasteiger partial charge on any atom is 0.193 e. The Kier molecular flexibility index (Phi) is 5.98. The van der Waals surface area contributed by atoms with Crippen LogP contribution in [0.4, 0.5) is 5.69 Å². The van der Waals surface area contributed by atoms with Crippen LogP contribution in [0.5, 0.6) is 5.75 Å². The Hall–Kier alpha value is -2.99. The lowest BCUT2D eigenvalue weighted by atomic mass is 10.1. The molecule has 0 amide bonds. The predicted molar refractivity (Wildman–Crippen MR) is 109 cm³/mol. The molecule has 3 N–H and O–H groups in total. The van der Waals surface area contributed by atoms with Gasteiger partial charge in [0.1, 0.15) is 11.6 Å². The molecule has 0 fully saturated rings. The molecule has 3 aromatic rings. The summed E-state index contributed by atoms with van der Waals surface area (Å²) in [5, 5.41) is 3.55. The van der Waals surface area contributed by atoms with Crippen LogP contribution in [0.2, 0.25) is 5.02 Å². The minimum Gasteiger partial charge on any atom is -0.495 e. The highest BCUT2D eigenvalue weighted by molar-refractivity contribution is 6.32. The highest BCUT2D eigenvalue weighted by Crippen LogP contribution is 2.27. The summed E-state index contributed by atoms with van der Waals surface area (Å²) >= 11 is 6.12. The first-order chi connectivity index (χ1) is 13.0. The topological polar surface area (TPSA) is 77.5 Å². The summed E-state index contributed by atoms with van der Waals surface area (Å²) in [5.74, 6) is 1.93. The fourth-order valence-electron chi connectivity index (χ4n) is 2.70. The first-order valence-electron chi connectivity index (χ1n) is 8.51. The number of guanidine groups is 1. The van der Waals surface area contributed by atoms with Crippen molar-refractivity contribution in [2.45, 2.75) is 20.0 Å². The van der Waals surface area contributed by atoms with E-state index < -0.39 is 0 Å². The van der Waals surface area contributed by atoms with E-state index in [0.29, 0.717) is 23.3 Å². The standard InChI is InChI=1S/C20H22ClN5O/c1-14-23-8-9-26(14)13-16-5-3-4-15(10-16)12-24-20(22)25-17-6-7-19(27-2)18(21)11-17/h3-11H,12-13H2,1-2H3,(H3,22,24,25). The molecule has 1 aromatic heterocycles. The van der Waals surface area contributed by atoms with Gasteiger partial charge in [-0.05, 0) is 36.2 Å². The fourth-order valence-corrected chi connectivity index (χ4v) is 2.96. The van der Waals surface area contributed by atoms with Gasteiger partial charge >= 0.3 is 0 Å². The molecule has 3 rings (SSSR count). The molecule has 0 aliphatic heterocycles. The van der Waals surface area contributed by atoms with Gasteiger partial charge in [-0.3, -0.25) is 0 Å². The van der Waals surface area contributed by atoms with Crippen LogP contribution in [0, 0.1) is 6.92 Å². The molecule has 140 valence electrons. The minimum absolute atomic E-state index is 0.326.